The Kier molecular flexibility index (Phi) is 2.89. The van der Waals surface area contributed by atoms with Crippen LogP contribution in [-0.2, 0) is 0 Å². The minimum absolute atomic E-state index is 0.471. The van der Waals surface area contributed by atoms with Crippen molar-refractivity contribution in [3.63, 3.8) is 0 Å². The highest BCUT2D eigenvalue weighted by Gasteiger charge is 2.29. The summed E-state index contributed by atoms with van der Waals surface area (Å²) in [6.07, 6.45) is 3.54. The molecule has 1 aromatic rings. The minimum atomic E-state index is 0.471. The monoisotopic (exact) mass is 269 g/mol. The normalized spacial score (nSPS) is 26.4. The van der Waals surface area contributed by atoms with Gasteiger partial charge in [-0.25, -0.2) is 4.99 Å². The van der Waals surface area contributed by atoms with Crippen LogP contribution in [0.4, 0.5) is 5.69 Å². The van der Waals surface area contributed by atoms with Crippen molar-refractivity contribution in [1.29, 1.82) is 0 Å². The number of guanidine groups is 1. The first-order valence-corrected chi connectivity index (χ1v) is 6.52. The first kappa shape index (κ1) is 11.2. The SMILES string of the molecule is Clc1cc(Cl)cc(NC2=NC3CCC(C3)N2)c1. The zero-order valence-electron chi connectivity index (χ0n) is 9.21. The number of aliphatic imine (C=N–C) groups is 1. The van der Waals surface area contributed by atoms with E-state index in [2.05, 4.69) is 15.6 Å². The number of anilines is 1. The summed E-state index contributed by atoms with van der Waals surface area (Å²) in [5.41, 5.74) is 0.870. The van der Waals surface area contributed by atoms with E-state index < -0.39 is 0 Å². The van der Waals surface area contributed by atoms with Crippen LogP contribution < -0.4 is 10.6 Å². The Morgan fingerprint density at radius 1 is 1.18 bits per heavy atom. The lowest BCUT2D eigenvalue weighted by Crippen LogP contribution is -2.41. The molecule has 0 saturated heterocycles. The maximum Gasteiger partial charge on any atom is 0.196 e. The molecule has 0 aromatic heterocycles. The van der Waals surface area contributed by atoms with Crippen molar-refractivity contribution in [3.05, 3.63) is 28.2 Å². The molecule has 5 heteroatoms. The molecule has 1 aliphatic carbocycles. The fourth-order valence-corrected chi connectivity index (χ4v) is 2.98. The zero-order valence-corrected chi connectivity index (χ0v) is 10.7. The highest BCUT2D eigenvalue weighted by atomic mass is 35.5. The van der Waals surface area contributed by atoms with E-state index in [9.17, 15) is 0 Å². The van der Waals surface area contributed by atoms with Crippen LogP contribution >= 0.6 is 23.2 Å². The first-order valence-electron chi connectivity index (χ1n) is 5.76. The van der Waals surface area contributed by atoms with Crippen molar-refractivity contribution in [2.45, 2.75) is 31.3 Å². The molecular weight excluding hydrogens is 257 g/mol. The molecule has 1 saturated carbocycles. The van der Waals surface area contributed by atoms with Gasteiger partial charge in [0.2, 0.25) is 0 Å². The van der Waals surface area contributed by atoms with Gasteiger partial charge in [-0.3, -0.25) is 0 Å². The van der Waals surface area contributed by atoms with Crippen LogP contribution in [0.15, 0.2) is 23.2 Å². The molecule has 3 nitrogen and oxygen atoms in total. The molecule has 90 valence electrons. The zero-order chi connectivity index (χ0) is 11.8. The molecule has 0 amide bonds. The summed E-state index contributed by atoms with van der Waals surface area (Å²) in [7, 11) is 0. The van der Waals surface area contributed by atoms with Gasteiger partial charge in [-0.1, -0.05) is 23.2 Å². The van der Waals surface area contributed by atoms with E-state index >= 15 is 0 Å². The van der Waals surface area contributed by atoms with Crippen LogP contribution in [0.2, 0.25) is 10.0 Å². The molecule has 1 fully saturated rings. The van der Waals surface area contributed by atoms with E-state index in [0.29, 0.717) is 22.1 Å². The maximum absolute atomic E-state index is 5.95. The van der Waals surface area contributed by atoms with Gasteiger partial charge in [0.15, 0.2) is 5.96 Å². The highest BCUT2D eigenvalue weighted by molar-refractivity contribution is 6.35. The number of benzene rings is 1. The average molecular weight is 270 g/mol. The molecular formula is C12H13Cl2N3. The summed E-state index contributed by atoms with van der Waals surface area (Å²) in [5, 5.41) is 7.87. The lowest BCUT2D eigenvalue weighted by atomic mass is 10.2. The van der Waals surface area contributed by atoms with Crippen molar-refractivity contribution in [3.8, 4) is 0 Å². The first-order chi connectivity index (χ1) is 8.19. The largest absolute Gasteiger partial charge is 0.353 e. The van der Waals surface area contributed by atoms with Crippen molar-refractivity contribution in [2.24, 2.45) is 4.99 Å². The van der Waals surface area contributed by atoms with Crippen LogP contribution in [0.5, 0.6) is 0 Å². The van der Waals surface area contributed by atoms with Crippen LogP contribution in [0.3, 0.4) is 0 Å². The standard InChI is InChI=1S/C12H13Cl2N3/c13-7-3-8(14)5-11(4-7)17-12-15-9-1-2-10(6-9)16-12/h3-5,9-10H,1-2,6H2,(H2,15,16,17). The Bertz CT molecular complexity index is 453. The molecule has 2 atom stereocenters. The molecule has 1 aliphatic heterocycles. The smallest absolute Gasteiger partial charge is 0.196 e. The molecule has 2 bridgehead atoms. The fourth-order valence-electron chi connectivity index (χ4n) is 2.45. The van der Waals surface area contributed by atoms with E-state index in [1.165, 1.54) is 12.8 Å². The molecule has 2 N–H and O–H groups in total. The van der Waals surface area contributed by atoms with E-state index in [-0.39, 0.29) is 0 Å². The lowest BCUT2D eigenvalue weighted by Gasteiger charge is -2.22. The van der Waals surface area contributed by atoms with Crippen molar-refractivity contribution < 1.29 is 0 Å². The molecule has 3 rings (SSSR count). The van der Waals surface area contributed by atoms with Gasteiger partial charge in [0.25, 0.3) is 0 Å². The molecule has 2 aliphatic rings. The van der Waals surface area contributed by atoms with Gasteiger partial charge >= 0.3 is 0 Å². The predicted molar refractivity (Wildman–Crippen MR) is 72.1 cm³/mol. The highest BCUT2D eigenvalue weighted by Crippen LogP contribution is 2.27. The van der Waals surface area contributed by atoms with Crippen molar-refractivity contribution in [2.75, 3.05) is 5.32 Å². The molecule has 1 aromatic carbocycles. The fraction of sp³-hybridized carbons (Fsp3) is 0.417. The summed E-state index contributed by atoms with van der Waals surface area (Å²) in [4.78, 5) is 4.60. The molecule has 2 unspecified atom stereocenters. The quantitative estimate of drug-likeness (QED) is 0.821. The van der Waals surface area contributed by atoms with Gasteiger partial charge in [0.05, 0.1) is 6.04 Å². The minimum Gasteiger partial charge on any atom is -0.353 e. The second kappa shape index (κ2) is 4.39. The number of hydrogen-bond acceptors (Lipinski definition) is 3. The average Bonchev–Trinajstić information content (AvgIpc) is 2.56. The van der Waals surface area contributed by atoms with Crippen molar-refractivity contribution in [1.82, 2.24) is 5.32 Å². The Labute approximate surface area is 110 Å². The van der Waals surface area contributed by atoms with E-state index in [1.807, 2.05) is 12.1 Å². The van der Waals surface area contributed by atoms with Crippen LogP contribution in [0.1, 0.15) is 19.3 Å². The summed E-state index contributed by atoms with van der Waals surface area (Å²) in [6, 6.07) is 6.43. The number of halogens is 2. The summed E-state index contributed by atoms with van der Waals surface area (Å²) < 4.78 is 0. The Morgan fingerprint density at radius 2 is 1.94 bits per heavy atom. The lowest BCUT2D eigenvalue weighted by molar-refractivity contribution is 0.582. The van der Waals surface area contributed by atoms with Crippen molar-refractivity contribution >= 4 is 34.8 Å². The van der Waals surface area contributed by atoms with Gasteiger partial charge in [0.1, 0.15) is 0 Å². The number of rotatable bonds is 1. The van der Waals surface area contributed by atoms with Gasteiger partial charge in [-0.05, 0) is 37.5 Å². The molecule has 17 heavy (non-hydrogen) atoms. The number of fused-ring (bicyclic) bond motifs is 2. The van der Waals surface area contributed by atoms with Gasteiger partial charge < -0.3 is 10.6 Å². The Morgan fingerprint density at radius 3 is 2.65 bits per heavy atom. The van der Waals surface area contributed by atoms with Crippen LogP contribution in [-0.4, -0.2) is 18.0 Å². The summed E-state index contributed by atoms with van der Waals surface area (Å²) in [5.74, 6) is 0.835. The third-order valence-electron chi connectivity index (χ3n) is 3.18. The second-order valence-electron chi connectivity index (χ2n) is 4.57. The van der Waals surface area contributed by atoms with Crippen LogP contribution in [0, 0.1) is 0 Å². The van der Waals surface area contributed by atoms with Gasteiger partial charge in [0, 0.05) is 21.8 Å². The number of hydrogen-bond donors (Lipinski definition) is 2. The molecule has 0 spiro atoms. The summed E-state index contributed by atoms with van der Waals surface area (Å²) >= 11 is 11.9. The number of nitrogens with one attached hydrogen (secondary N) is 2. The third kappa shape index (κ3) is 2.50. The van der Waals surface area contributed by atoms with Gasteiger partial charge in [-0.2, -0.15) is 0 Å². The molecule has 0 radical (unpaired) electrons. The Balaban J connectivity index is 1.78. The van der Waals surface area contributed by atoms with E-state index in [4.69, 9.17) is 23.2 Å². The Hall–Kier alpha value is -0.930. The topological polar surface area (TPSA) is 36.4 Å². The van der Waals surface area contributed by atoms with Gasteiger partial charge in [-0.15, -0.1) is 0 Å². The number of nitrogens with zero attached hydrogens (tertiary/aromatic N) is 1. The predicted octanol–water partition coefficient (Wildman–Crippen LogP) is 3.29. The van der Waals surface area contributed by atoms with Crippen LogP contribution in [0.25, 0.3) is 0 Å². The molecule has 1 heterocycles. The third-order valence-corrected chi connectivity index (χ3v) is 3.62. The maximum atomic E-state index is 5.95. The summed E-state index contributed by atoms with van der Waals surface area (Å²) in [6.45, 7) is 0. The second-order valence-corrected chi connectivity index (χ2v) is 5.44. The van der Waals surface area contributed by atoms with E-state index in [1.54, 1.807) is 6.07 Å². The van der Waals surface area contributed by atoms with E-state index in [0.717, 1.165) is 18.1 Å².